The molecular formula is C9H6Cl3N3O2S. The van der Waals surface area contributed by atoms with Gasteiger partial charge in [0.25, 0.3) is 0 Å². The molecule has 5 nitrogen and oxygen atoms in total. The lowest BCUT2D eigenvalue weighted by molar-refractivity contribution is 0.589. The molecule has 0 saturated heterocycles. The minimum Gasteiger partial charge on any atom is -0.216 e. The van der Waals surface area contributed by atoms with Crippen molar-refractivity contribution >= 4 is 55.7 Å². The molecule has 1 aromatic carbocycles. The van der Waals surface area contributed by atoms with E-state index in [4.69, 9.17) is 34.8 Å². The molecule has 96 valence electrons. The molecule has 1 heterocycles. The van der Waals surface area contributed by atoms with Crippen LogP contribution in [0.25, 0.3) is 10.9 Å². The van der Waals surface area contributed by atoms with Crippen LogP contribution in [0.4, 0.5) is 0 Å². The Bertz CT molecular complexity index is 733. The molecule has 1 aromatic heterocycles. The summed E-state index contributed by atoms with van der Waals surface area (Å²) in [7, 11) is -2.44. The van der Waals surface area contributed by atoms with Gasteiger partial charge in [0.2, 0.25) is 15.3 Å². The van der Waals surface area contributed by atoms with Gasteiger partial charge in [-0.05, 0) is 30.8 Å². The third-order valence-electron chi connectivity index (χ3n) is 2.21. The number of halogens is 3. The first-order chi connectivity index (χ1) is 8.35. The predicted molar refractivity (Wildman–Crippen MR) is 70.8 cm³/mol. The van der Waals surface area contributed by atoms with Gasteiger partial charge in [-0.25, -0.2) is 23.1 Å². The minimum atomic E-state index is -3.72. The second-order valence-corrected chi connectivity index (χ2v) is 6.28. The minimum absolute atomic E-state index is 0.0417. The summed E-state index contributed by atoms with van der Waals surface area (Å²) in [6.07, 6.45) is 0. The van der Waals surface area contributed by atoms with Crippen molar-refractivity contribution in [3.05, 3.63) is 27.6 Å². The van der Waals surface area contributed by atoms with Crippen LogP contribution in [0.1, 0.15) is 0 Å². The second kappa shape index (κ2) is 4.79. The van der Waals surface area contributed by atoms with Crippen LogP contribution < -0.4 is 4.72 Å². The number of benzene rings is 1. The van der Waals surface area contributed by atoms with Crippen LogP contribution in [0.2, 0.25) is 15.5 Å². The Balaban J connectivity index is 2.98. The van der Waals surface area contributed by atoms with E-state index in [1.807, 2.05) is 0 Å². The first kappa shape index (κ1) is 13.8. The largest absolute Gasteiger partial charge is 0.242 e. The Morgan fingerprint density at radius 2 is 1.83 bits per heavy atom. The molecule has 0 unspecified atom stereocenters. The molecule has 0 aliphatic heterocycles. The lowest BCUT2D eigenvalue weighted by Crippen LogP contribution is -2.19. The monoisotopic (exact) mass is 325 g/mol. The summed E-state index contributed by atoms with van der Waals surface area (Å²) in [5.74, 6) is 0. The molecule has 2 aromatic rings. The molecule has 9 heteroatoms. The van der Waals surface area contributed by atoms with E-state index >= 15 is 0 Å². The molecular weight excluding hydrogens is 321 g/mol. The quantitative estimate of drug-likeness (QED) is 0.680. The normalized spacial score (nSPS) is 12.0. The third-order valence-corrected chi connectivity index (χ3v) is 4.32. The zero-order valence-corrected chi connectivity index (χ0v) is 12.0. The number of fused-ring (bicyclic) bond motifs is 1. The Morgan fingerprint density at radius 1 is 1.17 bits per heavy atom. The van der Waals surface area contributed by atoms with E-state index in [-0.39, 0.29) is 25.9 Å². The van der Waals surface area contributed by atoms with Crippen LogP contribution in [0.15, 0.2) is 17.0 Å². The highest BCUT2D eigenvalue weighted by Gasteiger charge is 2.20. The van der Waals surface area contributed by atoms with Crippen molar-refractivity contribution < 1.29 is 8.42 Å². The van der Waals surface area contributed by atoms with Gasteiger partial charge in [0.1, 0.15) is 10.0 Å². The Hall–Kier alpha value is -0.660. The lowest BCUT2D eigenvalue weighted by atomic mass is 10.2. The van der Waals surface area contributed by atoms with Crippen LogP contribution >= 0.6 is 34.8 Å². The number of aromatic nitrogens is 2. The van der Waals surface area contributed by atoms with Crippen molar-refractivity contribution in [1.29, 1.82) is 0 Å². The molecule has 0 aliphatic rings. The van der Waals surface area contributed by atoms with Gasteiger partial charge in [-0.15, -0.1) is 0 Å². The maximum Gasteiger partial charge on any atom is 0.242 e. The molecule has 0 fully saturated rings. The zero-order chi connectivity index (χ0) is 13.5. The highest BCUT2D eigenvalue weighted by molar-refractivity contribution is 7.89. The third kappa shape index (κ3) is 2.39. The maximum atomic E-state index is 11.9. The van der Waals surface area contributed by atoms with Gasteiger partial charge in [0, 0.05) is 10.4 Å². The van der Waals surface area contributed by atoms with Crippen LogP contribution in [-0.4, -0.2) is 25.4 Å². The van der Waals surface area contributed by atoms with Crippen molar-refractivity contribution in [2.24, 2.45) is 0 Å². The standard InChI is InChI=1S/C9H6Cl3N3O2S/c1-13-18(16,17)6-3-4(10)2-5-7(6)14-9(12)15-8(5)11/h2-3,13H,1H3. The molecule has 0 aliphatic carbocycles. The Morgan fingerprint density at radius 3 is 2.44 bits per heavy atom. The average molecular weight is 327 g/mol. The van der Waals surface area contributed by atoms with Crippen LogP contribution in [0.5, 0.6) is 0 Å². The average Bonchev–Trinajstić information content (AvgIpc) is 2.29. The highest BCUT2D eigenvalue weighted by atomic mass is 35.5. The lowest BCUT2D eigenvalue weighted by Gasteiger charge is -2.08. The van der Waals surface area contributed by atoms with Gasteiger partial charge in [-0.3, -0.25) is 0 Å². The summed E-state index contributed by atoms with van der Waals surface area (Å²) in [4.78, 5) is 7.52. The van der Waals surface area contributed by atoms with Gasteiger partial charge in [-0.1, -0.05) is 23.2 Å². The fourth-order valence-corrected chi connectivity index (χ4v) is 3.05. The van der Waals surface area contributed by atoms with Gasteiger partial charge in [0.15, 0.2) is 0 Å². The SMILES string of the molecule is CNS(=O)(=O)c1cc(Cl)cc2c(Cl)nc(Cl)nc12. The van der Waals surface area contributed by atoms with Gasteiger partial charge < -0.3 is 0 Å². The number of sulfonamides is 1. The molecule has 0 saturated carbocycles. The van der Waals surface area contributed by atoms with E-state index in [0.29, 0.717) is 5.39 Å². The maximum absolute atomic E-state index is 11.9. The number of hydrogen-bond donors (Lipinski definition) is 1. The zero-order valence-electron chi connectivity index (χ0n) is 8.91. The summed E-state index contributed by atoms with van der Waals surface area (Å²) in [5, 5.41) is 0.439. The van der Waals surface area contributed by atoms with E-state index in [1.54, 1.807) is 0 Å². The van der Waals surface area contributed by atoms with E-state index < -0.39 is 10.0 Å². The van der Waals surface area contributed by atoms with Gasteiger partial charge in [-0.2, -0.15) is 0 Å². The predicted octanol–water partition coefficient (Wildman–Crippen LogP) is 2.50. The van der Waals surface area contributed by atoms with E-state index in [1.165, 1.54) is 19.2 Å². The molecule has 0 atom stereocenters. The topological polar surface area (TPSA) is 72.0 Å². The molecule has 0 bridgehead atoms. The van der Waals surface area contributed by atoms with E-state index in [0.717, 1.165) is 0 Å². The summed E-state index contributed by atoms with van der Waals surface area (Å²) < 4.78 is 25.9. The fourth-order valence-electron chi connectivity index (χ4n) is 1.42. The molecule has 0 spiro atoms. The smallest absolute Gasteiger partial charge is 0.216 e. The first-order valence-electron chi connectivity index (χ1n) is 4.61. The summed E-state index contributed by atoms with van der Waals surface area (Å²) in [6.45, 7) is 0. The Kier molecular flexibility index (Phi) is 3.66. The molecule has 2 rings (SSSR count). The van der Waals surface area contributed by atoms with Crippen LogP contribution in [-0.2, 0) is 10.0 Å². The number of nitrogens with zero attached hydrogens (tertiary/aromatic N) is 2. The number of rotatable bonds is 2. The summed E-state index contributed by atoms with van der Waals surface area (Å²) >= 11 is 17.4. The van der Waals surface area contributed by atoms with Crippen molar-refractivity contribution in [1.82, 2.24) is 14.7 Å². The van der Waals surface area contributed by atoms with Crippen molar-refractivity contribution in [2.45, 2.75) is 4.90 Å². The van der Waals surface area contributed by atoms with Crippen LogP contribution in [0, 0.1) is 0 Å². The fraction of sp³-hybridized carbons (Fsp3) is 0.111. The molecule has 0 radical (unpaired) electrons. The number of nitrogens with one attached hydrogen (secondary N) is 1. The molecule has 0 amide bonds. The summed E-state index contributed by atoms with van der Waals surface area (Å²) in [6, 6.07) is 2.75. The van der Waals surface area contributed by atoms with Crippen molar-refractivity contribution in [2.75, 3.05) is 7.05 Å². The highest BCUT2D eigenvalue weighted by Crippen LogP contribution is 2.30. The van der Waals surface area contributed by atoms with E-state index in [2.05, 4.69) is 14.7 Å². The molecule has 18 heavy (non-hydrogen) atoms. The van der Waals surface area contributed by atoms with Gasteiger partial charge in [0.05, 0.1) is 5.52 Å². The number of hydrogen-bond acceptors (Lipinski definition) is 4. The van der Waals surface area contributed by atoms with Crippen molar-refractivity contribution in [3.8, 4) is 0 Å². The molecule has 1 N–H and O–H groups in total. The van der Waals surface area contributed by atoms with Crippen LogP contribution in [0.3, 0.4) is 0 Å². The van der Waals surface area contributed by atoms with E-state index in [9.17, 15) is 8.42 Å². The second-order valence-electron chi connectivity index (χ2n) is 3.29. The van der Waals surface area contributed by atoms with Crippen molar-refractivity contribution in [3.63, 3.8) is 0 Å². The summed E-state index contributed by atoms with van der Waals surface area (Å²) in [5.41, 5.74) is 0.124. The first-order valence-corrected chi connectivity index (χ1v) is 7.22. The Labute approximate surface area is 118 Å². The van der Waals surface area contributed by atoms with Gasteiger partial charge >= 0.3 is 0 Å².